The van der Waals surface area contributed by atoms with Crippen LogP contribution in [0.4, 0.5) is 5.82 Å². The molecule has 2 aromatic rings. The summed E-state index contributed by atoms with van der Waals surface area (Å²) in [6.07, 6.45) is 6.08. The van der Waals surface area contributed by atoms with Crippen LogP contribution in [0, 0.1) is 19.8 Å². The lowest BCUT2D eigenvalue weighted by atomic mass is 9.99. The molecule has 0 aliphatic carbocycles. The molecule has 5 nitrogen and oxygen atoms in total. The van der Waals surface area contributed by atoms with Crippen molar-refractivity contribution in [1.29, 1.82) is 0 Å². The summed E-state index contributed by atoms with van der Waals surface area (Å²) in [7, 11) is 0. The van der Waals surface area contributed by atoms with E-state index in [0.717, 1.165) is 42.0 Å². The molecule has 106 valence electrons. The van der Waals surface area contributed by atoms with Gasteiger partial charge < -0.3 is 4.90 Å². The van der Waals surface area contributed by atoms with E-state index < -0.39 is 0 Å². The molecular weight excluding hydrogens is 250 g/mol. The summed E-state index contributed by atoms with van der Waals surface area (Å²) in [6.45, 7) is 8.48. The van der Waals surface area contributed by atoms with Crippen LogP contribution in [-0.4, -0.2) is 32.8 Å². The molecule has 0 aromatic carbocycles. The fraction of sp³-hybridized carbons (Fsp3) is 0.533. The maximum Gasteiger partial charge on any atom is 0.174 e. The number of nitrogens with zero attached hydrogens (tertiary/aromatic N) is 5. The highest BCUT2D eigenvalue weighted by atomic mass is 15.3. The van der Waals surface area contributed by atoms with Crippen LogP contribution in [0.15, 0.2) is 18.5 Å². The van der Waals surface area contributed by atoms with Gasteiger partial charge in [-0.1, -0.05) is 6.92 Å². The zero-order valence-electron chi connectivity index (χ0n) is 12.4. The van der Waals surface area contributed by atoms with E-state index in [1.54, 1.807) is 6.20 Å². The Bertz CT molecular complexity index is 596. The zero-order valence-corrected chi connectivity index (χ0v) is 12.4. The third-order valence-electron chi connectivity index (χ3n) is 3.94. The van der Waals surface area contributed by atoms with E-state index >= 15 is 0 Å². The fourth-order valence-corrected chi connectivity index (χ4v) is 2.70. The molecule has 3 heterocycles. The third kappa shape index (κ3) is 2.53. The van der Waals surface area contributed by atoms with Crippen LogP contribution >= 0.6 is 0 Å². The van der Waals surface area contributed by atoms with Gasteiger partial charge in [0.25, 0.3) is 0 Å². The minimum absolute atomic E-state index is 0.798. The molecule has 20 heavy (non-hydrogen) atoms. The van der Waals surface area contributed by atoms with Crippen molar-refractivity contribution < 1.29 is 0 Å². The summed E-state index contributed by atoms with van der Waals surface area (Å²) in [5, 5.41) is 4.47. The summed E-state index contributed by atoms with van der Waals surface area (Å²) < 4.78 is 1.86. The van der Waals surface area contributed by atoms with Crippen molar-refractivity contribution in [2.45, 2.75) is 33.6 Å². The van der Waals surface area contributed by atoms with Gasteiger partial charge in [0.1, 0.15) is 5.82 Å². The molecule has 0 spiro atoms. The van der Waals surface area contributed by atoms with Gasteiger partial charge in [-0.3, -0.25) is 4.98 Å². The Morgan fingerprint density at radius 2 is 1.80 bits per heavy atom. The van der Waals surface area contributed by atoms with Gasteiger partial charge in [-0.15, -0.1) is 0 Å². The predicted molar refractivity (Wildman–Crippen MR) is 79.2 cm³/mol. The van der Waals surface area contributed by atoms with Crippen molar-refractivity contribution in [3.05, 3.63) is 29.8 Å². The van der Waals surface area contributed by atoms with Gasteiger partial charge in [0.05, 0.1) is 18.1 Å². The van der Waals surface area contributed by atoms with Crippen LogP contribution < -0.4 is 4.90 Å². The lowest BCUT2D eigenvalue weighted by Gasteiger charge is -2.31. The van der Waals surface area contributed by atoms with E-state index in [1.165, 1.54) is 12.8 Å². The molecule has 0 atom stereocenters. The number of rotatable bonds is 2. The summed E-state index contributed by atoms with van der Waals surface area (Å²) in [6, 6.07) is 2.05. The lowest BCUT2D eigenvalue weighted by Crippen LogP contribution is -2.33. The Kier molecular flexibility index (Phi) is 3.42. The van der Waals surface area contributed by atoms with Gasteiger partial charge in [-0.05, 0) is 38.7 Å². The standard InChI is InChI=1S/C15H21N5/c1-11-4-6-19(7-5-11)14-9-16-10-15(17-14)20-13(3)8-12(2)18-20/h8-11H,4-7H2,1-3H3. The number of aryl methyl sites for hydroxylation is 2. The first-order valence-electron chi connectivity index (χ1n) is 7.24. The van der Waals surface area contributed by atoms with Gasteiger partial charge in [0.15, 0.2) is 5.82 Å². The zero-order chi connectivity index (χ0) is 14.1. The molecule has 0 radical (unpaired) electrons. The van der Waals surface area contributed by atoms with Crippen molar-refractivity contribution in [3.63, 3.8) is 0 Å². The van der Waals surface area contributed by atoms with Crippen molar-refractivity contribution >= 4 is 5.82 Å². The average Bonchev–Trinajstić information content (AvgIpc) is 2.79. The summed E-state index contributed by atoms with van der Waals surface area (Å²) in [5.74, 6) is 2.58. The minimum Gasteiger partial charge on any atom is -0.355 e. The maximum atomic E-state index is 4.73. The number of piperidine rings is 1. The van der Waals surface area contributed by atoms with Crippen molar-refractivity contribution in [1.82, 2.24) is 19.7 Å². The van der Waals surface area contributed by atoms with Crippen molar-refractivity contribution in [2.24, 2.45) is 5.92 Å². The Labute approximate surface area is 119 Å². The van der Waals surface area contributed by atoms with Gasteiger partial charge in [-0.25, -0.2) is 9.67 Å². The highest BCUT2D eigenvalue weighted by molar-refractivity contribution is 5.40. The van der Waals surface area contributed by atoms with Crippen LogP contribution in [0.5, 0.6) is 0 Å². The van der Waals surface area contributed by atoms with Gasteiger partial charge in [0, 0.05) is 18.8 Å². The monoisotopic (exact) mass is 271 g/mol. The SMILES string of the molecule is Cc1cc(C)n(-c2cncc(N3CCC(C)CC3)n2)n1. The topological polar surface area (TPSA) is 46.8 Å². The van der Waals surface area contributed by atoms with Crippen LogP contribution in [0.2, 0.25) is 0 Å². The third-order valence-corrected chi connectivity index (χ3v) is 3.94. The summed E-state index contributed by atoms with van der Waals surface area (Å²) in [5.41, 5.74) is 2.09. The van der Waals surface area contributed by atoms with E-state index in [1.807, 2.05) is 24.7 Å². The fourth-order valence-electron chi connectivity index (χ4n) is 2.70. The number of aromatic nitrogens is 4. The normalized spacial score (nSPS) is 16.6. The van der Waals surface area contributed by atoms with Crippen LogP contribution in [0.1, 0.15) is 31.2 Å². The Hall–Kier alpha value is -1.91. The van der Waals surface area contributed by atoms with E-state index in [0.29, 0.717) is 0 Å². The molecule has 0 saturated carbocycles. The number of anilines is 1. The molecule has 2 aromatic heterocycles. The molecule has 1 aliphatic rings. The first kappa shape index (κ1) is 13.1. The highest BCUT2D eigenvalue weighted by Crippen LogP contribution is 2.21. The Balaban J connectivity index is 1.88. The molecular formula is C15H21N5. The first-order valence-corrected chi connectivity index (χ1v) is 7.24. The molecule has 1 saturated heterocycles. The van der Waals surface area contributed by atoms with E-state index in [9.17, 15) is 0 Å². The number of hydrogen-bond donors (Lipinski definition) is 0. The van der Waals surface area contributed by atoms with E-state index in [2.05, 4.69) is 28.0 Å². The average molecular weight is 271 g/mol. The van der Waals surface area contributed by atoms with Gasteiger partial charge in [0.2, 0.25) is 0 Å². The van der Waals surface area contributed by atoms with E-state index in [-0.39, 0.29) is 0 Å². The predicted octanol–water partition coefficient (Wildman–Crippen LogP) is 2.52. The molecule has 1 fully saturated rings. The van der Waals surface area contributed by atoms with Gasteiger partial charge in [-0.2, -0.15) is 5.10 Å². The molecule has 5 heteroatoms. The van der Waals surface area contributed by atoms with Crippen LogP contribution in [0.3, 0.4) is 0 Å². The second-order valence-electron chi connectivity index (χ2n) is 5.74. The summed E-state index contributed by atoms with van der Waals surface area (Å²) in [4.78, 5) is 11.4. The quantitative estimate of drug-likeness (QED) is 0.842. The second-order valence-corrected chi connectivity index (χ2v) is 5.74. The first-order chi connectivity index (χ1) is 9.63. The maximum absolute atomic E-state index is 4.73. The lowest BCUT2D eigenvalue weighted by molar-refractivity contribution is 0.436. The molecule has 0 unspecified atom stereocenters. The van der Waals surface area contributed by atoms with Crippen LogP contribution in [-0.2, 0) is 0 Å². The highest BCUT2D eigenvalue weighted by Gasteiger charge is 2.18. The molecule has 0 amide bonds. The molecule has 0 N–H and O–H groups in total. The Morgan fingerprint density at radius 3 is 2.45 bits per heavy atom. The van der Waals surface area contributed by atoms with Gasteiger partial charge >= 0.3 is 0 Å². The largest absolute Gasteiger partial charge is 0.355 e. The second kappa shape index (κ2) is 5.23. The number of hydrogen-bond acceptors (Lipinski definition) is 4. The molecule has 3 rings (SSSR count). The smallest absolute Gasteiger partial charge is 0.174 e. The Morgan fingerprint density at radius 1 is 1.10 bits per heavy atom. The summed E-state index contributed by atoms with van der Waals surface area (Å²) >= 11 is 0. The van der Waals surface area contributed by atoms with Crippen molar-refractivity contribution in [2.75, 3.05) is 18.0 Å². The molecule has 1 aliphatic heterocycles. The van der Waals surface area contributed by atoms with E-state index in [4.69, 9.17) is 4.98 Å². The molecule has 0 bridgehead atoms. The van der Waals surface area contributed by atoms with Crippen molar-refractivity contribution in [3.8, 4) is 5.82 Å². The minimum atomic E-state index is 0.798. The van der Waals surface area contributed by atoms with Crippen LogP contribution in [0.25, 0.3) is 5.82 Å².